The molecular weight excluding hydrogens is 338 g/mol. The maximum atomic E-state index is 12.1. The lowest BCUT2D eigenvalue weighted by atomic mass is 9.98. The first kappa shape index (κ1) is 17.5. The fraction of sp³-hybridized carbons (Fsp3) is 0.316. The van der Waals surface area contributed by atoms with Gasteiger partial charge in [0, 0.05) is 12.1 Å². The number of hydrogen-bond acceptors (Lipinski definition) is 4. The van der Waals surface area contributed by atoms with E-state index in [1.54, 1.807) is 24.3 Å². The zero-order valence-electron chi connectivity index (χ0n) is 13.9. The fourth-order valence-electron chi connectivity index (χ4n) is 2.85. The van der Waals surface area contributed by atoms with Crippen molar-refractivity contribution in [2.24, 2.45) is 5.92 Å². The predicted molar refractivity (Wildman–Crippen MR) is 97.6 cm³/mol. The molecule has 0 spiro atoms. The van der Waals surface area contributed by atoms with Gasteiger partial charge in [-0.1, -0.05) is 18.2 Å². The molecule has 0 bridgehead atoms. The van der Waals surface area contributed by atoms with E-state index in [1.165, 1.54) is 0 Å². The third kappa shape index (κ3) is 5.32. The lowest BCUT2D eigenvalue weighted by molar-refractivity contribution is -0.117. The van der Waals surface area contributed by atoms with Crippen LogP contribution in [0.2, 0.25) is 0 Å². The van der Waals surface area contributed by atoms with Crippen LogP contribution in [0.15, 0.2) is 54.6 Å². The van der Waals surface area contributed by atoms with Crippen molar-refractivity contribution in [3.05, 3.63) is 54.6 Å². The van der Waals surface area contributed by atoms with Crippen molar-refractivity contribution in [1.29, 1.82) is 0 Å². The number of amides is 1. The molecule has 1 aliphatic rings. The smallest absolute Gasteiger partial charge is 0.224 e. The van der Waals surface area contributed by atoms with E-state index in [0.29, 0.717) is 30.7 Å². The number of carbonyl (C=O) groups excluding carboxylic acids is 1. The summed E-state index contributed by atoms with van der Waals surface area (Å²) in [6, 6.07) is 16.7. The Morgan fingerprint density at radius 2 is 1.56 bits per heavy atom. The van der Waals surface area contributed by atoms with Crippen LogP contribution < -0.4 is 10.1 Å². The van der Waals surface area contributed by atoms with Gasteiger partial charge in [-0.3, -0.25) is 4.79 Å². The van der Waals surface area contributed by atoms with Crippen LogP contribution in [0, 0.1) is 5.92 Å². The van der Waals surface area contributed by atoms with Gasteiger partial charge < -0.3 is 10.1 Å². The maximum Gasteiger partial charge on any atom is 0.224 e. The summed E-state index contributed by atoms with van der Waals surface area (Å²) in [5.41, 5.74) is 0.703. The molecular formula is C19H21NO4S. The molecule has 0 unspecified atom stereocenters. The van der Waals surface area contributed by atoms with Crippen LogP contribution in [0.4, 0.5) is 5.69 Å². The molecule has 0 saturated carbocycles. The van der Waals surface area contributed by atoms with Crippen molar-refractivity contribution in [3.8, 4) is 11.5 Å². The Morgan fingerprint density at radius 1 is 0.960 bits per heavy atom. The monoisotopic (exact) mass is 359 g/mol. The molecule has 2 aromatic rings. The molecule has 1 aliphatic heterocycles. The minimum Gasteiger partial charge on any atom is -0.457 e. The zero-order chi connectivity index (χ0) is 17.7. The van der Waals surface area contributed by atoms with Crippen molar-refractivity contribution >= 4 is 21.4 Å². The standard InChI is InChI=1S/C19H21NO4S/c21-19(14-15-10-12-25(22,23)13-11-15)20-16-6-8-18(9-7-16)24-17-4-2-1-3-5-17/h1-9,15H,10-14H2,(H,20,21). The number of ether oxygens (including phenoxy) is 1. The van der Waals surface area contributed by atoms with E-state index in [-0.39, 0.29) is 23.3 Å². The number of carbonyl (C=O) groups is 1. The highest BCUT2D eigenvalue weighted by Crippen LogP contribution is 2.24. The topological polar surface area (TPSA) is 72.5 Å². The average Bonchev–Trinajstić information content (AvgIpc) is 2.59. The molecule has 0 aliphatic carbocycles. The summed E-state index contributed by atoms with van der Waals surface area (Å²) in [4.78, 5) is 12.1. The Labute approximate surface area is 147 Å². The van der Waals surface area contributed by atoms with Gasteiger partial charge in [-0.05, 0) is 55.2 Å². The lowest BCUT2D eigenvalue weighted by Crippen LogP contribution is -2.26. The molecule has 1 fully saturated rings. The summed E-state index contributed by atoms with van der Waals surface area (Å²) in [5.74, 6) is 1.89. The van der Waals surface area contributed by atoms with E-state index in [1.807, 2.05) is 30.3 Å². The highest BCUT2D eigenvalue weighted by atomic mass is 32.2. The van der Waals surface area contributed by atoms with Gasteiger partial charge in [0.05, 0.1) is 11.5 Å². The summed E-state index contributed by atoms with van der Waals surface area (Å²) in [5, 5.41) is 2.86. The van der Waals surface area contributed by atoms with Crippen molar-refractivity contribution in [2.75, 3.05) is 16.8 Å². The normalized spacial score (nSPS) is 17.0. The highest BCUT2D eigenvalue weighted by Gasteiger charge is 2.25. The molecule has 1 amide bonds. The molecule has 1 saturated heterocycles. The van der Waals surface area contributed by atoms with E-state index in [2.05, 4.69) is 5.32 Å². The largest absolute Gasteiger partial charge is 0.457 e. The van der Waals surface area contributed by atoms with Gasteiger partial charge in [0.25, 0.3) is 0 Å². The molecule has 2 aromatic carbocycles. The van der Waals surface area contributed by atoms with Gasteiger partial charge in [-0.25, -0.2) is 8.42 Å². The Balaban J connectivity index is 1.50. The minimum atomic E-state index is -2.89. The number of anilines is 1. The molecule has 0 radical (unpaired) electrons. The molecule has 5 nitrogen and oxygen atoms in total. The summed E-state index contributed by atoms with van der Waals surface area (Å²) in [6.45, 7) is 0. The van der Waals surface area contributed by atoms with Crippen molar-refractivity contribution in [2.45, 2.75) is 19.3 Å². The van der Waals surface area contributed by atoms with Crippen molar-refractivity contribution in [3.63, 3.8) is 0 Å². The van der Waals surface area contributed by atoms with Crippen LogP contribution in [0.3, 0.4) is 0 Å². The summed E-state index contributed by atoms with van der Waals surface area (Å²) >= 11 is 0. The number of para-hydroxylation sites is 1. The van der Waals surface area contributed by atoms with Crippen LogP contribution >= 0.6 is 0 Å². The number of hydrogen-bond donors (Lipinski definition) is 1. The van der Waals surface area contributed by atoms with E-state index in [9.17, 15) is 13.2 Å². The highest BCUT2D eigenvalue weighted by molar-refractivity contribution is 7.91. The Bertz CT molecular complexity index is 802. The lowest BCUT2D eigenvalue weighted by Gasteiger charge is -2.21. The van der Waals surface area contributed by atoms with Crippen molar-refractivity contribution in [1.82, 2.24) is 0 Å². The van der Waals surface area contributed by atoms with E-state index >= 15 is 0 Å². The van der Waals surface area contributed by atoms with Gasteiger partial charge in [-0.2, -0.15) is 0 Å². The van der Waals surface area contributed by atoms with Gasteiger partial charge in [0.15, 0.2) is 0 Å². The second-order valence-corrected chi connectivity index (χ2v) is 8.59. The SMILES string of the molecule is O=C(CC1CCS(=O)(=O)CC1)Nc1ccc(Oc2ccccc2)cc1. The third-order valence-electron chi connectivity index (χ3n) is 4.27. The number of rotatable bonds is 5. The summed E-state index contributed by atoms with van der Waals surface area (Å²) in [7, 11) is -2.89. The molecule has 0 aromatic heterocycles. The Morgan fingerprint density at radius 3 is 2.20 bits per heavy atom. The molecule has 132 valence electrons. The fourth-order valence-corrected chi connectivity index (χ4v) is 4.44. The van der Waals surface area contributed by atoms with Crippen LogP contribution in [0.1, 0.15) is 19.3 Å². The quantitative estimate of drug-likeness (QED) is 0.885. The van der Waals surface area contributed by atoms with Crippen LogP contribution in [0.5, 0.6) is 11.5 Å². The molecule has 25 heavy (non-hydrogen) atoms. The van der Waals surface area contributed by atoms with Gasteiger partial charge in [0.2, 0.25) is 5.91 Å². The van der Waals surface area contributed by atoms with Crippen LogP contribution in [-0.4, -0.2) is 25.8 Å². The first-order valence-electron chi connectivity index (χ1n) is 8.33. The molecule has 0 atom stereocenters. The second kappa shape index (κ2) is 7.70. The predicted octanol–water partition coefficient (Wildman–Crippen LogP) is 3.63. The minimum absolute atomic E-state index is 0.0824. The number of nitrogens with one attached hydrogen (secondary N) is 1. The van der Waals surface area contributed by atoms with Gasteiger partial charge >= 0.3 is 0 Å². The van der Waals surface area contributed by atoms with E-state index in [0.717, 1.165) is 5.75 Å². The average molecular weight is 359 g/mol. The Hall–Kier alpha value is -2.34. The first-order valence-corrected chi connectivity index (χ1v) is 10.2. The molecule has 1 N–H and O–H groups in total. The number of benzene rings is 2. The van der Waals surface area contributed by atoms with Crippen LogP contribution in [0.25, 0.3) is 0 Å². The van der Waals surface area contributed by atoms with Gasteiger partial charge in [0.1, 0.15) is 21.3 Å². The molecule has 1 heterocycles. The van der Waals surface area contributed by atoms with E-state index < -0.39 is 9.84 Å². The summed E-state index contributed by atoms with van der Waals surface area (Å²) < 4.78 is 28.6. The summed E-state index contributed by atoms with van der Waals surface area (Å²) in [6.07, 6.45) is 1.50. The van der Waals surface area contributed by atoms with E-state index in [4.69, 9.17) is 4.74 Å². The van der Waals surface area contributed by atoms with Crippen LogP contribution in [-0.2, 0) is 14.6 Å². The van der Waals surface area contributed by atoms with Gasteiger partial charge in [-0.15, -0.1) is 0 Å². The molecule has 6 heteroatoms. The number of sulfone groups is 1. The zero-order valence-corrected chi connectivity index (χ0v) is 14.7. The molecule has 3 rings (SSSR count). The van der Waals surface area contributed by atoms with Crippen molar-refractivity contribution < 1.29 is 17.9 Å². The second-order valence-electron chi connectivity index (χ2n) is 6.29. The maximum absolute atomic E-state index is 12.1. The third-order valence-corrected chi connectivity index (χ3v) is 5.98. The first-order chi connectivity index (χ1) is 12.0. The Kier molecular flexibility index (Phi) is 5.38.